The van der Waals surface area contributed by atoms with Crippen molar-refractivity contribution >= 4 is 23.4 Å². The van der Waals surface area contributed by atoms with E-state index in [0.29, 0.717) is 0 Å². The molecule has 1 fully saturated rings. The van der Waals surface area contributed by atoms with Crippen LogP contribution in [-0.2, 0) is 9.59 Å². The molecule has 0 radical (unpaired) electrons. The maximum atomic E-state index is 15.0. The Hall–Kier alpha value is -4.01. The number of carbonyl (C=O) groups is 3. The molecule has 0 bridgehead atoms. The van der Waals surface area contributed by atoms with E-state index in [4.69, 9.17) is 4.42 Å². The molecule has 182 valence electrons. The lowest BCUT2D eigenvalue weighted by atomic mass is 10.0. The summed E-state index contributed by atoms with van der Waals surface area (Å²) in [6, 6.07) is 12.1. The molecule has 1 atom stereocenters. The third-order valence-electron chi connectivity index (χ3n) is 5.93. The smallest absolute Gasteiger partial charge is 0.287 e. The molecule has 0 unspecified atom stereocenters. The Morgan fingerprint density at radius 3 is 2.34 bits per heavy atom. The van der Waals surface area contributed by atoms with Gasteiger partial charge in [-0.05, 0) is 55.3 Å². The van der Waals surface area contributed by atoms with Crippen molar-refractivity contribution in [3.8, 4) is 0 Å². The van der Waals surface area contributed by atoms with Gasteiger partial charge in [-0.1, -0.05) is 31.0 Å². The number of carbonyl (C=O) groups excluding carboxylic acids is 3. The monoisotopic (exact) mass is 481 g/mol. The van der Waals surface area contributed by atoms with Gasteiger partial charge in [0.05, 0.1) is 12.8 Å². The summed E-state index contributed by atoms with van der Waals surface area (Å²) in [5.41, 5.74) is 0.163. The van der Waals surface area contributed by atoms with Gasteiger partial charge in [-0.15, -0.1) is 0 Å². The second-order valence-electron chi connectivity index (χ2n) is 8.31. The summed E-state index contributed by atoms with van der Waals surface area (Å²) < 4.78 is 33.7. The van der Waals surface area contributed by atoms with Crippen LogP contribution < -0.4 is 15.5 Å². The zero-order chi connectivity index (χ0) is 24.8. The lowest BCUT2D eigenvalue weighted by Gasteiger charge is -2.32. The SMILES string of the molecule is O=C(NCC(=O)N(c1ccc(F)cc1)[C@H](C(=O)NC1CCCC1)c1ccccc1F)c1ccco1. The van der Waals surface area contributed by atoms with Crippen LogP contribution in [0.4, 0.5) is 14.5 Å². The van der Waals surface area contributed by atoms with E-state index in [1.807, 2.05) is 0 Å². The predicted molar refractivity (Wildman–Crippen MR) is 124 cm³/mol. The lowest BCUT2D eigenvalue weighted by molar-refractivity contribution is -0.126. The molecule has 3 aromatic rings. The van der Waals surface area contributed by atoms with Crippen molar-refractivity contribution in [3.63, 3.8) is 0 Å². The van der Waals surface area contributed by atoms with E-state index in [1.54, 1.807) is 6.07 Å². The van der Waals surface area contributed by atoms with Crippen LogP contribution in [0.2, 0.25) is 0 Å². The molecule has 7 nitrogen and oxygen atoms in total. The van der Waals surface area contributed by atoms with E-state index >= 15 is 0 Å². The van der Waals surface area contributed by atoms with Gasteiger partial charge in [0, 0.05) is 17.3 Å². The minimum Gasteiger partial charge on any atom is -0.459 e. The summed E-state index contributed by atoms with van der Waals surface area (Å²) in [7, 11) is 0. The molecule has 3 amide bonds. The molecule has 0 aliphatic heterocycles. The molecule has 1 aromatic heterocycles. The van der Waals surface area contributed by atoms with Crippen molar-refractivity contribution < 1.29 is 27.6 Å². The Morgan fingerprint density at radius 1 is 0.971 bits per heavy atom. The highest BCUT2D eigenvalue weighted by atomic mass is 19.1. The van der Waals surface area contributed by atoms with E-state index in [1.165, 1.54) is 48.7 Å². The number of amides is 3. The number of anilines is 1. The van der Waals surface area contributed by atoms with E-state index in [-0.39, 0.29) is 23.1 Å². The zero-order valence-electron chi connectivity index (χ0n) is 18.9. The Bertz CT molecular complexity index is 1180. The summed E-state index contributed by atoms with van der Waals surface area (Å²) >= 11 is 0. The molecule has 0 spiro atoms. The quantitative estimate of drug-likeness (QED) is 0.506. The highest BCUT2D eigenvalue weighted by Gasteiger charge is 2.36. The van der Waals surface area contributed by atoms with E-state index in [2.05, 4.69) is 10.6 Å². The highest BCUT2D eigenvalue weighted by molar-refractivity contribution is 6.04. The molecule has 35 heavy (non-hydrogen) atoms. The lowest BCUT2D eigenvalue weighted by Crippen LogP contribution is -2.49. The van der Waals surface area contributed by atoms with Gasteiger partial charge in [0.1, 0.15) is 17.7 Å². The van der Waals surface area contributed by atoms with Gasteiger partial charge in [-0.3, -0.25) is 19.3 Å². The molecule has 0 saturated heterocycles. The van der Waals surface area contributed by atoms with Crippen LogP contribution in [0.15, 0.2) is 71.3 Å². The van der Waals surface area contributed by atoms with Gasteiger partial charge in [0.25, 0.3) is 5.91 Å². The third-order valence-corrected chi connectivity index (χ3v) is 5.93. The van der Waals surface area contributed by atoms with Gasteiger partial charge in [-0.25, -0.2) is 8.78 Å². The van der Waals surface area contributed by atoms with Crippen molar-refractivity contribution in [2.75, 3.05) is 11.4 Å². The summed E-state index contributed by atoms with van der Waals surface area (Å²) in [4.78, 5) is 40.4. The molecule has 4 rings (SSSR count). The van der Waals surface area contributed by atoms with E-state index in [0.717, 1.165) is 42.7 Å². The molecule has 2 N–H and O–H groups in total. The molecule has 1 heterocycles. The third kappa shape index (κ3) is 5.74. The first kappa shape index (κ1) is 24.1. The Labute approximate surface area is 201 Å². The number of benzene rings is 2. The molecule has 1 aliphatic rings. The van der Waals surface area contributed by atoms with Crippen LogP contribution in [0.5, 0.6) is 0 Å². The summed E-state index contributed by atoms with van der Waals surface area (Å²) in [6.45, 7) is -0.501. The molecule has 1 saturated carbocycles. The van der Waals surface area contributed by atoms with Crippen LogP contribution >= 0.6 is 0 Å². The van der Waals surface area contributed by atoms with Crippen LogP contribution in [0.25, 0.3) is 0 Å². The maximum absolute atomic E-state index is 15.0. The first-order valence-corrected chi connectivity index (χ1v) is 11.4. The standard InChI is InChI=1S/C26H25F2N3O4/c27-17-11-13-19(14-12-17)31(23(32)16-29-25(33)22-10-5-15-35-22)24(20-8-3-4-9-21(20)28)26(34)30-18-6-1-2-7-18/h3-5,8-15,18,24H,1-2,6-7,16H2,(H,29,33)(H,30,34)/t24-/m0/s1. The zero-order valence-corrected chi connectivity index (χ0v) is 18.9. The van der Waals surface area contributed by atoms with Gasteiger partial charge < -0.3 is 15.1 Å². The van der Waals surface area contributed by atoms with E-state index in [9.17, 15) is 23.2 Å². The van der Waals surface area contributed by atoms with Gasteiger partial charge in [0.15, 0.2) is 5.76 Å². The number of rotatable bonds is 8. The van der Waals surface area contributed by atoms with Crippen molar-refractivity contribution in [1.29, 1.82) is 0 Å². The normalized spacial score (nSPS) is 14.3. The number of nitrogens with one attached hydrogen (secondary N) is 2. The fourth-order valence-electron chi connectivity index (χ4n) is 4.22. The number of furan rings is 1. The summed E-state index contributed by atoms with van der Waals surface area (Å²) in [6.07, 6.45) is 4.84. The Morgan fingerprint density at radius 2 is 1.69 bits per heavy atom. The van der Waals surface area contributed by atoms with Crippen LogP contribution in [0.3, 0.4) is 0 Å². The first-order valence-electron chi connectivity index (χ1n) is 11.4. The van der Waals surface area contributed by atoms with Gasteiger partial charge >= 0.3 is 0 Å². The molecular formula is C26H25F2N3O4. The van der Waals surface area contributed by atoms with Crippen molar-refractivity contribution in [3.05, 3.63) is 89.9 Å². The number of hydrogen-bond acceptors (Lipinski definition) is 4. The summed E-state index contributed by atoms with van der Waals surface area (Å²) in [5, 5.41) is 5.39. The fourth-order valence-corrected chi connectivity index (χ4v) is 4.22. The van der Waals surface area contributed by atoms with Gasteiger partial charge in [-0.2, -0.15) is 0 Å². The van der Waals surface area contributed by atoms with Gasteiger partial charge in [0.2, 0.25) is 11.8 Å². The molecular weight excluding hydrogens is 456 g/mol. The molecule has 1 aliphatic carbocycles. The van der Waals surface area contributed by atoms with Crippen molar-refractivity contribution in [2.24, 2.45) is 0 Å². The average molecular weight is 481 g/mol. The van der Waals surface area contributed by atoms with E-state index < -0.39 is 41.9 Å². The topological polar surface area (TPSA) is 91.7 Å². The maximum Gasteiger partial charge on any atom is 0.287 e. The Balaban J connectivity index is 1.69. The second kappa shape index (κ2) is 10.9. The molecule has 2 aromatic carbocycles. The Kier molecular flexibility index (Phi) is 7.54. The number of halogens is 2. The van der Waals surface area contributed by atoms with Crippen LogP contribution in [0, 0.1) is 11.6 Å². The largest absolute Gasteiger partial charge is 0.459 e. The number of hydrogen-bond donors (Lipinski definition) is 2. The minimum absolute atomic E-state index is 0.00997. The predicted octanol–water partition coefficient (Wildman–Crippen LogP) is 4.12. The fraction of sp³-hybridized carbons (Fsp3) is 0.269. The van der Waals surface area contributed by atoms with Crippen LogP contribution in [0.1, 0.15) is 47.8 Å². The molecule has 9 heteroatoms. The van der Waals surface area contributed by atoms with Crippen molar-refractivity contribution in [2.45, 2.75) is 37.8 Å². The minimum atomic E-state index is -1.38. The second-order valence-corrected chi connectivity index (χ2v) is 8.31. The highest BCUT2D eigenvalue weighted by Crippen LogP contribution is 2.31. The number of nitrogens with zero attached hydrogens (tertiary/aromatic N) is 1. The average Bonchev–Trinajstić information content (AvgIpc) is 3.57. The first-order chi connectivity index (χ1) is 16.9. The van der Waals surface area contributed by atoms with Crippen molar-refractivity contribution in [1.82, 2.24) is 10.6 Å². The summed E-state index contributed by atoms with van der Waals surface area (Å²) in [5.74, 6) is -3.07. The van der Waals surface area contributed by atoms with Crippen LogP contribution in [-0.4, -0.2) is 30.3 Å².